The van der Waals surface area contributed by atoms with E-state index in [0.29, 0.717) is 6.04 Å². The van der Waals surface area contributed by atoms with Gasteiger partial charge in [-0.15, -0.1) is 0 Å². The molecule has 3 nitrogen and oxygen atoms in total. The van der Waals surface area contributed by atoms with Crippen LogP contribution in [0.25, 0.3) is 10.9 Å². The first-order valence-electron chi connectivity index (χ1n) is 6.65. The Bertz CT molecular complexity index is 703. The topological polar surface area (TPSA) is 40.7 Å². The molecule has 3 rings (SSSR count). The Morgan fingerprint density at radius 2 is 2.00 bits per heavy atom. The van der Waals surface area contributed by atoms with Crippen molar-refractivity contribution >= 4 is 32.5 Å². The van der Waals surface area contributed by atoms with Gasteiger partial charge in [-0.05, 0) is 43.2 Å². The highest BCUT2D eigenvalue weighted by Crippen LogP contribution is 2.22. The lowest BCUT2D eigenvalue weighted by Gasteiger charge is -2.16. The summed E-state index contributed by atoms with van der Waals surface area (Å²) in [6.07, 6.45) is 2.85. The van der Waals surface area contributed by atoms with E-state index in [-0.39, 0.29) is 0 Å². The molecular formula is C16H16BrN3. The first-order chi connectivity index (χ1) is 9.72. The number of fused-ring (bicyclic) bond motifs is 1. The fourth-order valence-electron chi connectivity index (χ4n) is 2.38. The van der Waals surface area contributed by atoms with Crippen LogP contribution in [0.2, 0.25) is 0 Å². The summed E-state index contributed by atoms with van der Waals surface area (Å²) < 4.78 is 1.12. The molecule has 20 heavy (non-hydrogen) atoms. The molecule has 1 atom stereocenters. The Morgan fingerprint density at radius 1 is 1.20 bits per heavy atom. The highest BCUT2D eigenvalue weighted by atomic mass is 79.9. The molecule has 102 valence electrons. The minimum Gasteiger partial charge on any atom is -0.382 e. The van der Waals surface area contributed by atoms with E-state index in [1.54, 1.807) is 0 Å². The molecule has 1 heterocycles. The van der Waals surface area contributed by atoms with Gasteiger partial charge in [-0.2, -0.15) is 5.10 Å². The van der Waals surface area contributed by atoms with E-state index in [1.165, 1.54) is 5.56 Å². The Morgan fingerprint density at radius 3 is 2.80 bits per heavy atom. The molecule has 0 amide bonds. The van der Waals surface area contributed by atoms with E-state index in [1.807, 2.05) is 18.3 Å². The number of aromatic amines is 1. The first kappa shape index (κ1) is 13.2. The number of hydrogen-bond acceptors (Lipinski definition) is 2. The third kappa shape index (κ3) is 2.85. The fourth-order valence-corrected chi connectivity index (χ4v) is 2.65. The van der Waals surface area contributed by atoms with Crippen molar-refractivity contribution in [3.63, 3.8) is 0 Å². The number of benzene rings is 2. The van der Waals surface area contributed by atoms with Crippen LogP contribution < -0.4 is 5.32 Å². The van der Waals surface area contributed by atoms with Gasteiger partial charge in [0.15, 0.2) is 0 Å². The van der Waals surface area contributed by atoms with Crippen molar-refractivity contribution in [3.05, 3.63) is 58.7 Å². The van der Waals surface area contributed by atoms with Gasteiger partial charge in [-0.25, -0.2) is 0 Å². The van der Waals surface area contributed by atoms with Crippen molar-refractivity contribution in [1.82, 2.24) is 10.2 Å². The third-order valence-electron chi connectivity index (χ3n) is 3.34. The normalized spacial score (nSPS) is 12.5. The number of nitrogens with zero attached hydrogens (tertiary/aromatic N) is 1. The molecule has 0 bridgehead atoms. The van der Waals surface area contributed by atoms with Gasteiger partial charge in [0.1, 0.15) is 0 Å². The molecular weight excluding hydrogens is 314 g/mol. The molecule has 1 unspecified atom stereocenters. The van der Waals surface area contributed by atoms with Gasteiger partial charge in [0.05, 0.1) is 11.7 Å². The Kier molecular flexibility index (Phi) is 3.74. The molecule has 0 aliphatic heterocycles. The van der Waals surface area contributed by atoms with Crippen molar-refractivity contribution < 1.29 is 0 Å². The van der Waals surface area contributed by atoms with E-state index >= 15 is 0 Å². The predicted octanol–water partition coefficient (Wildman–Crippen LogP) is 4.37. The number of H-pyrrole nitrogens is 1. The van der Waals surface area contributed by atoms with E-state index in [4.69, 9.17) is 0 Å². The Hall–Kier alpha value is -1.81. The van der Waals surface area contributed by atoms with E-state index < -0.39 is 0 Å². The van der Waals surface area contributed by atoms with Crippen molar-refractivity contribution in [1.29, 1.82) is 0 Å². The maximum absolute atomic E-state index is 4.09. The summed E-state index contributed by atoms with van der Waals surface area (Å²) in [6, 6.07) is 15.0. The average Bonchev–Trinajstić information content (AvgIpc) is 2.91. The van der Waals surface area contributed by atoms with E-state index in [9.17, 15) is 0 Å². The molecule has 0 spiro atoms. The van der Waals surface area contributed by atoms with Crippen LogP contribution in [-0.4, -0.2) is 16.2 Å². The molecule has 3 aromatic rings. The Labute approximate surface area is 126 Å². The van der Waals surface area contributed by atoms with Gasteiger partial charge in [0.25, 0.3) is 0 Å². The first-order valence-corrected chi connectivity index (χ1v) is 7.45. The minimum absolute atomic E-state index is 0.358. The fraction of sp³-hybridized carbons (Fsp3) is 0.188. The summed E-state index contributed by atoms with van der Waals surface area (Å²) in [5.74, 6) is 0. The summed E-state index contributed by atoms with van der Waals surface area (Å²) in [5.41, 5.74) is 3.51. The van der Waals surface area contributed by atoms with Gasteiger partial charge >= 0.3 is 0 Å². The van der Waals surface area contributed by atoms with Crippen LogP contribution in [0, 0.1) is 0 Å². The molecule has 0 aliphatic carbocycles. The van der Waals surface area contributed by atoms with Crippen LogP contribution in [0.5, 0.6) is 0 Å². The quantitative estimate of drug-likeness (QED) is 0.746. The van der Waals surface area contributed by atoms with Gasteiger partial charge < -0.3 is 5.32 Å². The average molecular weight is 330 g/mol. The zero-order chi connectivity index (χ0) is 13.9. The second-order valence-electron chi connectivity index (χ2n) is 5.01. The summed E-state index contributed by atoms with van der Waals surface area (Å²) in [6.45, 7) is 2.20. The summed E-state index contributed by atoms with van der Waals surface area (Å²) in [4.78, 5) is 0. The number of aromatic nitrogens is 2. The molecule has 2 N–H and O–H groups in total. The molecule has 0 aliphatic rings. The summed E-state index contributed by atoms with van der Waals surface area (Å²) in [5, 5.41) is 11.8. The SMILES string of the molecule is CC(Cc1ccc(Br)cc1)Nc1cccc2[nH]ncc12. The predicted molar refractivity (Wildman–Crippen MR) is 87.0 cm³/mol. The van der Waals surface area contributed by atoms with E-state index in [0.717, 1.165) is 27.5 Å². The molecule has 0 saturated carbocycles. The molecule has 0 saturated heterocycles. The smallest absolute Gasteiger partial charge is 0.0671 e. The second kappa shape index (κ2) is 5.67. The maximum atomic E-state index is 4.09. The minimum atomic E-state index is 0.358. The lowest BCUT2D eigenvalue weighted by molar-refractivity contribution is 0.791. The largest absolute Gasteiger partial charge is 0.382 e. The highest BCUT2D eigenvalue weighted by Gasteiger charge is 2.07. The van der Waals surface area contributed by atoms with Gasteiger partial charge in [0, 0.05) is 21.6 Å². The zero-order valence-electron chi connectivity index (χ0n) is 11.2. The number of anilines is 1. The van der Waals surface area contributed by atoms with Crippen molar-refractivity contribution in [2.75, 3.05) is 5.32 Å². The van der Waals surface area contributed by atoms with Crippen molar-refractivity contribution in [2.24, 2.45) is 0 Å². The van der Waals surface area contributed by atoms with Crippen LogP contribution in [0.1, 0.15) is 12.5 Å². The van der Waals surface area contributed by atoms with Crippen LogP contribution in [0.15, 0.2) is 53.1 Å². The van der Waals surface area contributed by atoms with Crippen LogP contribution in [0.3, 0.4) is 0 Å². The lowest BCUT2D eigenvalue weighted by Crippen LogP contribution is -2.18. The maximum Gasteiger partial charge on any atom is 0.0671 e. The van der Waals surface area contributed by atoms with Crippen molar-refractivity contribution in [3.8, 4) is 0 Å². The van der Waals surface area contributed by atoms with Crippen LogP contribution in [0.4, 0.5) is 5.69 Å². The lowest BCUT2D eigenvalue weighted by atomic mass is 10.1. The monoisotopic (exact) mass is 329 g/mol. The Balaban J connectivity index is 1.74. The number of halogens is 1. The number of rotatable bonds is 4. The number of nitrogens with one attached hydrogen (secondary N) is 2. The van der Waals surface area contributed by atoms with Gasteiger partial charge in [-0.1, -0.05) is 34.1 Å². The highest BCUT2D eigenvalue weighted by molar-refractivity contribution is 9.10. The second-order valence-corrected chi connectivity index (χ2v) is 5.93. The zero-order valence-corrected chi connectivity index (χ0v) is 12.8. The molecule has 0 radical (unpaired) electrons. The molecule has 1 aromatic heterocycles. The standard InChI is InChI=1S/C16H16BrN3/c1-11(9-12-5-7-13(17)8-6-12)19-15-3-2-4-16-14(15)10-18-20-16/h2-8,10-11,19H,9H2,1H3,(H,18,20). The van der Waals surface area contributed by atoms with Crippen LogP contribution in [-0.2, 0) is 6.42 Å². The van der Waals surface area contributed by atoms with E-state index in [2.05, 4.69) is 68.7 Å². The van der Waals surface area contributed by atoms with Gasteiger partial charge in [0.2, 0.25) is 0 Å². The summed E-state index contributed by atoms with van der Waals surface area (Å²) in [7, 11) is 0. The molecule has 0 fully saturated rings. The van der Waals surface area contributed by atoms with Gasteiger partial charge in [-0.3, -0.25) is 5.10 Å². The number of hydrogen-bond donors (Lipinski definition) is 2. The molecule has 4 heteroatoms. The third-order valence-corrected chi connectivity index (χ3v) is 3.87. The van der Waals surface area contributed by atoms with Crippen molar-refractivity contribution in [2.45, 2.75) is 19.4 Å². The summed E-state index contributed by atoms with van der Waals surface area (Å²) >= 11 is 3.46. The van der Waals surface area contributed by atoms with Crippen LogP contribution >= 0.6 is 15.9 Å². The molecule has 2 aromatic carbocycles.